The standard InChI is InChI=1S/C16H14F3NO3/c1-9-3-5-13(21)11(7-9)15(22)20-12-8-10(16(17,18)19)4-6-14(12)23-2/h3-8,21H,1-2H3,(H,20,22). The number of aromatic hydroxyl groups is 1. The van der Waals surface area contributed by atoms with Gasteiger partial charge in [0.25, 0.3) is 5.91 Å². The van der Waals surface area contributed by atoms with E-state index in [-0.39, 0.29) is 22.7 Å². The van der Waals surface area contributed by atoms with Crippen molar-refractivity contribution < 1.29 is 27.8 Å². The number of aryl methyl sites for hydroxylation is 1. The first-order valence-corrected chi connectivity index (χ1v) is 6.58. The summed E-state index contributed by atoms with van der Waals surface area (Å²) in [6.07, 6.45) is -4.54. The average molecular weight is 325 g/mol. The molecule has 0 aliphatic heterocycles. The van der Waals surface area contributed by atoms with Crippen molar-refractivity contribution >= 4 is 11.6 Å². The third-order valence-electron chi connectivity index (χ3n) is 3.17. The Morgan fingerprint density at radius 1 is 1.17 bits per heavy atom. The molecule has 23 heavy (non-hydrogen) atoms. The number of hydrogen-bond donors (Lipinski definition) is 2. The van der Waals surface area contributed by atoms with E-state index >= 15 is 0 Å². The van der Waals surface area contributed by atoms with E-state index < -0.39 is 17.6 Å². The van der Waals surface area contributed by atoms with E-state index in [0.717, 1.165) is 23.8 Å². The lowest BCUT2D eigenvalue weighted by molar-refractivity contribution is -0.137. The third-order valence-corrected chi connectivity index (χ3v) is 3.17. The Kier molecular flexibility index (Phi) is 4.49. The molecule has 0 saturated carbocycles. The molecule has 0 fully saturated rings. The van der Waals surface area contributed by atoms with Gasteiger partial charge in [-0.2, -0.15) is 13.2 Å². The molecule has 0 spiro atoms. The Balaban J connectivity index is 2.38. The third kappa shape index (κ3) is 3.74. The van der Waals surface area contributed by atoms with Gasteiger partial charge >= 0.3 is 6.18 Å². The van der Waals surface area contributed by atoms with Crippen LogP contribution in [0.5, 0.6) is 11.5 Å². The van der Waals surface area contributed by atoms with Crippen LogP contribution in [0, 0.1) is 6.92 Å². The highest BCUT2D eigenvalue weighted by atomic mass is 19.4. The number of phenolic OH excluding ortho intramolecular Hbond substituents is 1. The molecule has 0 bridgehead atoms. The number of methoxy groups -OCH3 is 1. The molecule has 2 N–H and O–H groups in total. The van der Waals surface area contributed by atoms with E-state index in [1.165, 1.54) is 19.2 Å². The van der Waals surface area contributed by atoms with Crippen LogP contribution in [0.1, 0.15) is 21.5 Å². The van der Waals surface area contributed by atoms with Crippen molar-refractivity contribution in [2.75, 3.05) is 12.4 Å². The van der Waals surface area contributed by atoms with Gasteiger partial charge in [0, 0.05) is 0 Å². The smallest absolute Gasteiger partial charge is 0.416 e. The maximum Gasteiger partial charge on any atom is 0.416 e. The van der Waals surface area contributed by atoms with E-state index in [2.05, 4.69) is 5.32 Å². The van der Waals surface area contributed by atoms with E-state index in [1.807, 2.05) is 0 Å². The molecule has 0 unspecified atom stereocenters. The molecular weight excluding hydrogens is 311 g/mol. The second-order valence-corrected chi connectivity index (χ2v) is 4.89. The Labute approximate surface area is 130 Å². The van der Waals surface area contributed by atoms with Crippen LogP contribution in [0.15, 0.2) is 36.4 Å². The number of carbonyl (C=O) groups is 1. The van der Waals surface area contributed by atoms with E-state index in [4.69, 9.17) is 4.74 Å². The van der Waals surface area contributed by atoms with Crippen LogP contribution in [-0.2, 0) is 6.18 Å². The van der Waals surface area contributed by atoms with Crippen LogP contribution in [-0.4, -0.2) is 18.1 Å². The van der Waals surface area contributed by atoms with Crippen molar-refractivity contribution in [3.8, 4) is 11.5 Å². The van der Waals surface area contributed by atoms with Crippen LogP contribution >= 0.6 is 0 Å². The number of nitrogens with one attached hydrogen (secondary N) is 1. The molecule has 7 heteroatoms. The number of anilines is 1. The normalized spacial score (nSPS) is 11.2. The number of carbonyl (C=O) groups excluding carboxylic acids is 1. The van der Waals surface area contributed by atoms with Crippen LogP contribution in [0.2, 0.25) is 0 Å². The minimum atomic E-state index is -4.54. The first-order valence-electron chi connectivity index (χ1n) is 6.58. The fourth-order valence-corrected chi connectivity index (χ4v) is 2.00. The maximum atomic E-state index is 12.8. The summed E-state index contributed by atoms with van der Waals surface area (Å²) in [6.45, 7) is 1.72. The van der Waals surface area contributed by atoms with Crippen molar-refractivity contribution in [1.82, 2.24) is 0 Å². The van der Waals surface area contributed by atoms with Crippen molar-refractivity contribution in [3.05, 3.63) is 53.1 Å². The van der Waals surface area contributed by atoms with Crippen molar-refractivity contribution in [1.29, 1.82) is 0 Å². The molecule has 4 nitrogen and oxygen atoms in total. The summed E-state index contributed by atoms with van der Waals surface area (Å²) in [5.74, 6) is -0.915. The van der Waals surface area contributed by atoms with Gasteiger partial charge in [-0.05, 0) is 37.3 Å². The lowest BCUT2D eigenvalue weighted by atomic mass is 10.1. The highest BCUT2D eigenvalue weighted by molar-refractivity contribution is 6.07. The van der Waals surface area contributed by atoms with E-state index in [1.54, 1.807) is 13.0 Å². The molecule has 2 rings (SSSR count). The van der Waals surface area contributed by atoms with Gasteiger partial charge in [-0.15, -0.1) is 0 Å². The topological polar surface area (TPSA) is 58.6 Å². The van der Waals surface area contributed by atoms with Crippen LogP contribution < -0.4 is 10.1 Å². The number of halogens is 3. The molecule has 0 aromatic heterocycles. The Morgan fingerprint density at radius 2 is 1.87 bits per heavy atom. The molecule has 0 heterocycles. The summed E-state index contributed by atoms with van der Waals surface area (Å²) < 4.78 is 43.3. The summed E-state index contributed by atoms with van der Waals surface area (Å²) in [5.41, 5.74) is -0.358. The van der Waals surface area contributed by atoms with Gasteiger partial charge in [-0.3, -0.25) is 4.79 Å². The van der Waals surface area contributed by atoms with Crippen molar-refractivity contribution in [3.63, 3.8) is 0 Å². The summed E-state index contributed by atoms with van der Waals surface area (Å²) >= 11 is 0. The predicted molar refractivity (Wildman–Crippen MR) is 78.8 cm³/mol. The largest absolute Gasteiger partial charge is 0.507 e. The molecular formula is C16H14F3NO3. The number of ether oxygens (including phenoxy) is 1. The highest BCUT2D eigenvalue weighted by Crippen LogP contribution is 2.35. The summed E-state index contributed by atoms with van der Waals surface area (Å²) in [7, 11) is 1.28. The molecule has 2 aromatic carbocycles. The zero-order chi connectivity index (χ0) is 17.2. The molecule has 0 radical (unpaired) electrons. The quantitative estimate of drug-likeness (QED) is 0.897. The summed E-state index contributed by atoms with van der Waals surface area (Å²) in [6, 6.07) is 7.14. The Morgan fingerprint density at radius 3 is 2.48 bits per heavy atom. The van der Waals surface area contributed by atoms with Crippen LogP contribution in [0.4, 0.5) is 18.9 Å². The number of alkyl halides is 3. The second-order valence-electron chi connectivity index (χ2n) is 4.89. The van der Waals surface area contributed by atoms with Gasteiger partial charge in [-0.1, -0.05) is 11.6 Å². The molecule has 0 aliphatic carbocycles. The number of benzene rings is 2. The monoisotopic (exact) mass is 325 g/mol. The second kappa shape index (κ2) is 6.20. The Hall–Kier alpha value is -2.70. The van der Waals surface area contributed by atoms with Crippen molar-refractivity contribution in [2.45, 2.75) is 13.1 Å². The maximum absolute atomic E-state index is 12.8. The molecule has 0 atom stereocenters. The summed E-state index contributed by atoms with van der Waals surface area (Å²) in [5, 5.41) is 12.1. The first-order chi connectivity index (χ1) is 10.7. The molecule has 122 valence electrons. The predicted octanol–water partition coefficient (Wildman–Crippen LogP) is 3.98. The van der Waals surface area contributed by atoms with Crippen molar-refractivity contribution in [2.24, 2.45) is 0 Å². The fraction of sp³-hybridized carbons (Fsp3) is 0.188. The SMILES string of the molecule is COc1ccc(C(F)(F)F)cc1NC(=O)c1cc(C)ccc1O. The van der Waals surface area contributed by atoms with Gasteiger partial charge in [-0.25, -0.2) is 0 Å². The number of phenols is 1. The zero-order valence-electron chi connectivity index (χ0n) is 12.4. The zero-order valence-corrected chi connectivity index (χ0v) is 12.4. The fourth-order valence-electron chi connectivity index (χ4n) is 2.00. The average Bonchev–Trinajstić information content (AvgIpc) is 2.48. The van der Waals surface area contributed by atoms with Gasteiger partial charge < -0.3 is 15.2 Å². The minimum Gasteiger partial charge on any atom is -0.507 e. The minimum absolute atomic E-state index is 0.0375. The number of hydrogen-bond acceptors (Lipinski definition) is 3. The van der Waals surface area contributed by atoms with Gasteiger partial charge in [0.15, 0.2) is 0 Å². The number of rotatable bonds is 3. The van der Waals surface area contributed by atoms with Gasteiger partial charge in [0.05, 0.1) is 23.9 Å². The molecule has 2 aromatic rings. The molecule has 0 aliphatic rings. The molecule has 1 amide bonds. The van der Waals surface area contributed by atoms with Crippen LogP contribution in [0.25, 0.3) is 0 Å². The lowest BCUT2D eigenvalue weighted by Gasteiger charge is -2.14. The van der Waals surface area contributed by atoms with E-state index in [9.17, 15) is 23.1 Å². The summed E-state index contributed by atoms with van der Waals surface area (Å²) in [4.78, 5) is 12.2. The van der Waals surface area contributed by atoms with Gasteiger partial charge in [0.1, 0.15) is 11.5 Å². The first kappa shape index (κ1) is 16.7. The Bertz CT molecular complexity index is 742. The lowest BCUT2D eigenvalue weighted by Crippen LogP contribution is -2.14. The van der Waals surface area contributed by atoms with Crippen LogP contribution in [0.3, 0.4) is 0 Å². The number of amides is 1. The van der Waals surface area contributed by atoms with E-state index in [0.29, 0.717) is 0 Å². The molecule has 0 saturated heterocycles. The highest BCUT2D eigenvalue weighted by Gasteiger charge is 2.31. The van der Waals surface area contributed by atoms with Gasteiger partial charge in [0.2, 0.25) is 0 Å².